The van der Waals surface area contributed by atoms with Crippen molar-refractivity contribution in [2.45, 2.75) is 0 Å². The predicted octanol–water partition coefficient (Wildman–Crippen LogP) is -6.67. The molecule has 0 atom stereocenters. The standard InChI is InChI=1S/ClO.2Na.H2O/c1-2;;;/h;;;1H2/q-1;2*+1;/p-1. The number of rotatable bonds is 0. The molecule has 5 heavy (non-hydrogen) atoms. The van der Waals surface area contributed by atoms with E-state index < -0.39 is 0 Å². The van der Waals surface area contributed by atoms with Gasteiger partial charge < -0.3 is 10.1 Å². The quantitative estimate of drug-likeness (QED) is 0.294. The van der Waals surface area contributed by atoms with Gasteiger partial charge in [-0.3, -0.25) is 0 Å². The Morgan fingerprint density at radius 1 is 1.00 bits per heavy atom. The van der Waals surface area contributed by atoms with E-state index in [-0.39, 0.29) is 64.6 Å². The molecule has 0 aliphatic heterocycles. The molecule has 0 unspecified atom stereocenters. The molecule has 0 heterocycles. The monoisotopic (exact) mass is 114 g/mol. The zero-order valence-corrected chi connectivity index (χ0v) is 7.99. The molecule has 0 spiro atoms. The van der Waals surface area contributed by atoms with Crippen LogP contribution in [-0.2, 0) is 0 Å². The van der Waals surface area contributed by atoms with Crippen LogP contribution in [0.5, 0.6) is 0 Å². The van der Waals surface area contributed by atoms with Crippen LogP contribution in [-0.4, -0.2) is 5.48 Å². The summed E-state index contributed by atoms with van der Waals surface area (Å²) in [6.07, 6.45) is 0. The van der Waals surface area contributed by atoms with Gasteiger partial charge in [0.1, 0.15) is 0 Å². The second-order valence-corrected chi connectivity index (χ2v) is 0. The fourth-order valence-electron chi connectivity index (χ4n) is 0. The van der Waals surface area contributed by atoms with Crippen molar-refractivity contribution in [1.82, 2.24) is 0 Å². The summed E-state index contributed by atoms with van der Waals surface area (Å²) >= 11 is 3.39. The summed E-state index contributed by atoms with van der Waals surface area (Å²) in [4.78, 5) is 0. The Bertz CT molecular complexity index is 7.61. The smallest absolute Gasteiger partial charge is 0.870 e. The molecule has 2 nitrogen and oxygen atoms in total. The molecule has 0 aliphatic carbocycles. The van der Waals surface area contributed by atoms with Gasteiger partial charge in [-0.1, -0.05) is 0 Å². The first-order chi connectivity index (χ1) is 1.00. The van der Waals surface area contributed by atoms with E-state index in [1.54, 1.807) is 0 Å². The van der Waals surface area contributed by atoms with Crippen molar-refractivity contribution in [1.29, 1.82) is 0 Å². The van der Waals surface area contributed by atoms with Crippen molar-refractivity contribution < 1.29 is 69.2 Å². The van der Waals surface area contributed by atoms with E-state index in [1.807, 2.05) is 0 Å². The Kier molecular flexibility index (Phi) is 186. The molecule has 5 heteroatoms. The summed E-state index contributed by atoms with van der Waals surface area (Å²) in [6, 6.07) is 0. The van der Waals surface area contributed by atoms with Gasteiger partial charge in [0, 0.05) is 0 Å². The van der Waals surface area contributed by atoms with E-state index in [1.165, 1.54) is 0 Å². The number of halogens is 1. The van der Waals surface area contributed by atoms with Crippen LogP contribution in [0.1, 0.15) is 0 Å². The van der Waals surface area contributed by atoms with Crippen molar-refractivity contribution in [3.63, 3.8) is 0 Å². The second kappa shape index (κ2) is 34.5. The maximum Gasteiger partial charge on any atom is 1.00 e. The minimum absolute atomic E-state index is 0. The van der Waals surface area contributed by atoms with E-state index in [0.717, 1.165) is 0 Å². The average molecular weight is 114 g/mol. The average Bonchev–Trinajstić information content (AvgIpc) is 1.00. The van der Waals surface area contributed by atoms with E-state index in [0.29, 0.717) is 0 Å². The summed E-state index contributed by atoms with van der Waals surface area (Å²) in [6.45, 7) is 0. The topological polar surface area (TPSA) is 53.1 Å². The predicted molar refractivity (Wildman–Crippen MR) is 7.79 cm³/mol. The third kappa shape index (κ3) is 22.5. The van der Waals surface area contributed by atoms with E-state index in [4.69, 9.17) is 4.66 Å². The third-order valence-corrected chi connectivity index (χ3v) is 0. The summed E-state index contributed by atoms with van der Waals surface area (Å²) in [7, 11) is 0. The first-order valence-corrected chi connectivity index (χ1v) is 0.463. The van der Waals surface area contributed by atoms with Crippen LogP contribution in [0.25, 0.3) is 0 Å². The molecule has 0 saturated carbocycles. The molecule has 0 fully saturated rings. The first-order valence-electron chi connectivity index (χ1n) is 0.154. The van der Waals surface area contributed by atoms with E-state index in [2.05, 4.69) is 11.9 Å². The maximum atomic E-state index is 7.72. The van der Waals surface area contributed by atoms with E-state index >= 15 is 0 Å². The SMILES string of the molecule is [Na+].[Na+].[O-]Cl.[OH-]. The summed E-state index contributed by atoms with van der Waals surface area (Å²) < 4.78 is 7.72. The molecular weight excluding hydrogens is 113 g/mol. The van der Waals surface area contributed by atoms with Crippen molar-refractivity contribution in [2.75, 3.05) is 0 Å². The minimum atomic E-state index is 0. The summed E-state index contributed by atoms with van der Waals surface area (Å²) in [5.41, 5.74) is 0. The van der Waals surface area contributed by atoms with Gasteiger partial charge in [-0.15, -0.1) is 0 Å². The van der Waals surface area contributed by atoms with Gasteiger partial charge in [0.05, 0.1) is 0 Å². The Morgan fingerprint density at radius 3 is 1.00 bits per heavy atom. The molecule has 0 radical (unpaired) electrons. The van der Waals surface area contributed by atoms with Crippen LogP contribution in [0, 0.1) is 0 Å². The molecule has 0 rings (SSSR count). The van der Waals surface area contributed by atoms with Gasteiger partial charge in [-0.05, 0) is 0 Å². The molecule has 0 amide bonds. The summed E-state index contributed by atoms with van der Waals surface area (Å²) in [5.74, 6) is 0. The molecule has 0 aromatic carbocycles. The van der Waals surface area contributed by atoms with Crippen molar-refractivity contribution >= 4 is 11.9 Å². The summed E-state index contributed by atoms with van der Waals surface area (Å²) in [5, 5.41) is 0. The molecule has 0 saturated heterocycles. The zero-order valence-electron chi connectivity index (χ0n) is 3.23. The van der Waals surface area contributed by atoms with Gasteiger partial charge in [0.15, 0.2) is 0 Å². The van der Waals surface area contributed by atoms with Gasteiger partial charge in [0.2, 0.25) is 0 Å². The Hall–Kier alpha value is 2.21. The fourth-order valence-corrected chi connectivity index (χ4v) is 0. The molecule has 0 bridgehead atoms. The maximum absolute atomic E-state index is 7.72. The van der Waals surface area contributed by atoms with Crippen LogP contribution < -0.4 is 63.8 Å². The largest absolute Gasteiger partial charge is 1.00 e. The third-order valence-electron chi connectivity index (χ3n) is 0. The van der Waals surface area contributed by atoms with Gasteiger partial charge in [0.25, 0.3) is 0 Å². The van der Waals surface area contributed by atoms with Crippen molar-refractivity contribution in [3.8, 4) is 0 Å². The van der Waals surface area contributed by atoms with Crippen LogP contribution in [0.3, 0.4) is 0 Å². The van der Waals surface area contributed by atoms with Crippen molar-refractivity contribution in [2.24, 2.45) is 0 Å². The minimum Gasteiger partial charge on any atom is -0.870 e. The number of hydrogen-bond acceptors (Lipinski definition) is 2. The Labute approximate surface area is 80.0 Å². The van der Waals surface area contributed by atoms with Gasteiger partial charge in [-0.25, -0.2) is 11.9 Å². The van der Waals surface area contributed by atoms with Gasteiger partial charge in [-0.2, -0.15) is 0 Å². The molecule has 22 valence electrons. The second-order valence-electron chi connectivity index (χ2n) is 0. The zero-order chi connectivity index (χ0) is 2.00. The molecule has 0 aromatic rings. The fraction of sp³-hybridized carbons (Fsp3) is 0. The molecular formula is HClNa2O2. The van der Waals surface area contributed by atoms with Crippen molar-refractivity contribution in [3.05, 3.63) is 0 Å². The van der Waals surface area contributed by atoms with E-state index in [9.17, 15) is 0 Å². The van der Waals surface area contributed by atoms with Crippen LogP contribution in [0.15, 0.2) is 0 Å². The molecule has 1 N–H and O–H groups in total. The van der Waals surface area contributed by atoms with Gasteiger partial charge >= 0.3 is 59.1 Å². The normalized spacial score (nSPS) is 1.20. The first kappa shape index (κ1) is 27.0. The number of hydrogen-bond donors (Lipinski definition) is 0. The Morgan fingerprint density at radius 2 is 1.00 bits per heavy atom. The van der Waals surface area contributed by atoms with Crippen LogP contribution >= 0.6 is 11.9 Å². The molecule has 0 aliphatic rings. The van der Waals surface area contributed by atoms with Crippen LogP contribution in [0.2, 0.25) is 0 Å². The Balaban J connectivity index is -0.00000000167. The van der Waals surface area contributed by atoms with Crippen LogP contribution in [0.4, 0.5) is 0 Å². The molecule has 0 aromatic heterocycles.